The first-order valence-electron chi connectivity index (χ1n) is 10.3. The van der Waals surface area contributed by atoms with Gasteiger partial charge in [-0.25, -0.2) is 0 Å². The fourth-order valence-electron chi connectivity index (χ4n) is 3.46. The highest BCUT2D eigenvalue weighted by Crippen LogP contribution is 2.27. The van der Waals surface area contributed by atoms with Gasteiger partial charge in [-0.3, -0.25) is 9.59 Å². The average molecular weight is 397 g/mol. The fraction of sp³-hybridized carbons (Fsp3) is 0.500. The van der Waals surface area contributed by atoms with Gasteiger partial charge < -0.3 is 19.5 Å². The predicted molar refractivity (Wildman–Crippen MR) is 106 cm³/mol. The molecule has 0 radical (unpaired) electrons. The van der Waals surface area contributed by atoms with Gasteiger partial charge in [0.2, 0.25) is 0 Å². The normalized spacial score (nSPS) is 18.6. The number of carbonyl (C=O) groups is 2. The molecule has 7 heteroatoms. The summed E-state index contributed by atoms with van der Waals surface area (Å²) in [5, 5.41) is 6.76. The number of aryl methyl sites for hydroxylation is 1. The Balaban J connectivity index is 1.44. The molecule has 29 heavy (non-hydrogen) atoms. The molecule has 2 fully saturated rings. The monoisotopic (exact) mass is 397 g/mol. The Labute approximate surface area is 170 Å². The maximum atomic E-state index is 13.1. The molecule has 0 spiro atoms. The van der Waals surface area contributed by atoms with Crippen molar-refractivity contribution in [2.75, 3.05) is 19.7 Å². The number of aromatic nitrogens is 1. The minimum absolute atomic E-state index is 0.0219. The molecule has 1 N–H and O–H groups in total. The minimum Gasteiger partial charge on any atom is -0.376 e. The lowest BCUT2D eigenvalue weighted by atomic mass is 10.1. The highest BCUT2D eigenvalue weighted by molar-refractivity contribution is 5.94. The summed E-state index contributed by atoms with van der Waals surface area (Å²) < 4.78 is 11.1. The minimum atomic E-state index is -0.234. The Morgan fingerprint density at radius 2 is 2.00 bits per heavy atom. The second-order valence-electron chi connectivity index (χ2n) is 8.02. The molecule has 154 valence electrons. The summed E-state index contributed by atoms with van der Waals surface area (Å²) in [6, 6.07) is 9.13. The van der Waals surface area contributed by atoms with Crippen LogP contribution in [0.1, 0.15) is 57.9 Å². The molecular weight excluding hydrogens is 370 g/mol. The molecule has 7 nitrogen and oxygen atoms in total. The number of ether oxygens (including phenoxy) is 1. The molecule has 1 saturated heterocycles. The number of hydrogen-bond donors (Lipinski definition) is 1. The smallest absolute Gasteiger partial charge is 0.273 e. The van der Waals surface area contributed by atoms with Crippen LogP contribution in [0.25, 0.3) is 0 Å². The summed E-state index contributed by atoms with van der Waals surface area (Å²) in [6.45, 7) is 4.12. The third-order valence-corrected chi connectivity index (χ3v) is 5.42. The van der Waals surface area contributed by atoms with Crippen LogP contribution >= 0.6 is 0 Å². The van der Waals surface area contributed by atoms with E-state index in [-0.39, 0.29) is 30.2 Å². The van der Waals surface area contributed by atoms with Crippen molar-refractivity contribution in [3.63, 3.8) is 0 Å². The number of rotatable bonds is 8. The van der Waals surface area contributed by atoms with Crippen molar-refractivity contribution in [3.8, 4) is 0 Å². The van der Waals surface area contributed by atoms with E-state index in [1.807, 2.05) is 31.2 Å². The Hall–Kier alpha value is -2.67. The molecule has 2 amide bonds. The third kappa shape index (κ3) is 5.23. The first kappa shape index (κ1) is 19.6. The summed E-state index contributed by atoms with van der Waals surface area (Å²) in [7, 11) is 0. The lowest BCUT2D eigenvalue weighted by Crippen LogP contribution is -2.36. The van der Waals surface area contributed by atoms with E-state index in [9.17, 15) is 9.59 Å². The largest absolute Gasteiger partial charge is 0.376 e. The van der Waals surface area contributed by atoms with Gasteiger partial charge in [-0.2, -0.15) is 0 Å². The van der Waals surface area contributed by atoms with Crippen LogP contribution in [0.4, 0.5) is 0 Å². The lowest BCUT2D eigenvalue weighted by Gasteiger charge is -2.24. The molecule has 1 saturated carbocycles. The lowest BCUT2D eigenvalue weighted by molar-refractivity contribution is 0.0486. The zero-order valence-electron chi connectivity index (χ0n) is 16.7. The van der Waals surface area contributed by atoms with Gasteiger partial charge >= 0.3 is 0 Å². The molecule has 1 aliphatic heterocycles. The van der Waals surface area contributed by atoms with Crippen LogP contribution in [0.3, 0.4) is 0 Å². The van der Waals surface area contributed by atoms with Gasteiger partial charge in [-0.05, 0) is 50.7 Å². The highest BCUT2D eigenvalue weighted by Gasteiger charge is 2.26. The van der Waals surface area contributed by atoms with Gasteiger partial charge in [0, 0.05) is 31.3 Å². The summed E-state index contributed by atoms with van der Waals surface area (Å²) in [5.74, 6) is 0.762. The van der Waals surface area contributed by atoms with Gasteiger partial charge in [0.25, 0.3) is 11.8 Å². The molecule has 2 aliphatic rings. The van der Waals surface area contributed by atoms with E-state index in [4.69, 9.17) is 9.26 Å². The quantitative estimate of drug-likeness (QED) is 0.740. The zero-order valence-corrected chi connectivity index (χ0v) is 16.7. The molecule has 1 aromatic heterocycles. The number of amides is 2. The highest BCUT2D eigenvalue weighted by atomic mass is 16.5. The van der Waals surface area contributed by atoms with E-state index in [1.54, 1.807) is 11.0 Å². The molecule has 4 rings (SSSR count). The van der Waals surface area contributed by atoms with Crippen molar-refractivity contribution < 1.29 is 18.8 Å². The van der Waals surface area contributed by atoms with Gasteiger partial charge in [-0.1, -0.05) is 22.9 Å². The summed E-state index contributed by atoms with van der Waals surface area (Å²) in [6.07, 6.45) is 4.30. The van der Waals surface area contributed by atoms with Crippen molar-refractivity contribution >= 4 is 11.8 Å². The number of nitrogens with one attached hydrogen (secondary N) is 1. The second kappa shape index (κ2) is 8.78. The van der Waals surface area contributed by atoms with Crippen LogP contribution in [-0.4, -0.2) is 47.7 Å². The van der Waals surface area contributed by atoms with Crippen molar-refractivity contribution in [1.82, 2.24) is 15.4 Å². The average Bonchev–Trinajstić information content (AvgIpc) is 3.19. The van der Waals surface area contributed by atoms with Gasteiger partial charge in [0.05, 0.1) is 12.6 Å². The Bertz CT molecular complexity index is 851. The molecule has 1 aromatic carbocycles. The van der Waals surface area contributed by atoms with Crippen molar-refractivity contribution in [1.29, 1.82) is 0 Å². The molecule has 1 aliphatic carbocycles. The van der Waals surface area contributed by atoms with Crippen LogP contribution in [0.15, 0.2) is 34.9 Å². The van der Waals surface area contributed by atoms with Crippen LogP contribution in [0, 0.1) is 12.8 Å². The Morgan fingerprint density at radius 3 is 2.69 bits per heavy atom. The number of nitrogens with zero attached hydrogens (tertiary/aromatic N) is 2. The second-order valence-corrected chi connectivity index (χ2v) is 8.02. The molecule has 2 aromatic rings. The number of hydrogen-bond acceptors (Lipinski definition) is 5. The molecule has 2 heterocycles. The van der Waals surface area contributed by atoms with Crippen LogP contribution in [0.5, 0.6) is 0 Å². The van der Waals surface area contributed by atoms with E-state index >= 15 is 0 Å². The van der Waals surface area contributed by atoms with Gasteiger partial charge in [0.1, 0.15) is 0 Å². The van der Waals surface area contributed by atoms with Gasteiger partial charge in [0.15, 0.2) is 11.5 Å². The maximum absolute atomic E-state index is 13.1. The number of benzene rings is 1. The van der Waals surface area contributed by atoms with E-state index in [2.05, 4.69) is 10.5 Å². The first-order chi connectivity index (χ1) is 14.1. The molecular formula is C22H27N3O4. The molecule has 0 bridgehead atoms. The third-order valence-electron chi connectivity index (χ3n) is 5.42. The maximum Gasteiger partial charge on any atom is 0.273 e. The van der Waals surface area contributed by atoms with Crippen LogP contribution in [0.2, 0.25) is 0 Å². The van der Waals surface area contributed by atoms with E-state index in [1.165, 1.54) is 12.8 Å². The first-order valence-corrected chi connectivity index (χ1v) is 10.3. The topological polar surface area (TPSA) is 84.7 Å². The van der Waals surface area contributed by atoms with Crippen molar-refractivity contribution in [2.24, 2.45) is 5.92 Å². The number of carbonyl (C=O) groups excluding carboxylic acids is 2. The standard InChI is InChI=1S/C22H27N3O4/c1-15-4-8-17(9-5-15)22(27)25(13-18-3-2-10-28-18)14-19-11-20(24-29-19)21(26)23-12-16-6-7-16/h4-5,8-9,11,16,18H,2-3,6-7,10,12-14H2,1H3,(H,23,26). The molecule has 1 atom stereocenters. The Kier molecular flexibility index (Phi) is 5.94. The van der Waals surface area contributed by atoms with Gasteiger partial charge in [-0.15, -0.1) is 0 Å². The van der Waals surface area contributed by atoms with E-state index in [0.29, 0.717) is 30.3 Å². The van der Waals surface area contributed by atoms with Crippen molar-refractivity contribution in [2.45, 2.75) is 45.3 Å². The van der Waals surface area contributed by atoms with Crippen LogP contribution < -0.4 is 5.32 Å². The summed E-state index contributed by atoms with van der Waals surface area (Å²) in [4.78, 5) is 27.0. The Morgan fingerprint density at radius 1 is 1.21 bits per heavy atom. The van der Waals surface area contributed by atoms with Crippen molar-refractivity contribution in [3.05, 3.63) is 52.9 Å². The fourth-order valence-corrected chi connectivity index (χ4v) is 3.46. The van der Waals surface area contributed by atoms with E-state index < -0.39 is 0 Å². The van der Waals surface area contributed by atoms with Crippen LogP contribution in [-0.2, 0) is 11.3 Å². The SMILES string of the molecule is Cc1ccc(C(=O)N(Cc2cc(C(=O)NCC3CC3)no2)CC2CCCO2)cc1. The zero-order chi connectivity index (χ0) is 20.2. The summed E-state index contributed by atoms with van der Waals surface area (Å²) in [5.41, 5.74) is 1.97. The molecule has 1 unspecified atom stereocenters. The summed E-state index contributed by atoms with van der Waals surface area (Å²) >= 11 is 0. The van der Waals surface area contributed by atoms with E-state index in [0.717, 1.165) is 25.0 Å². The predicted octanol–water partition coefficient (Wildman–Crippen LogP) is 2.94.